The molecule has 0 amide bonds. The summed E-state index contributed by atoms with van der Waals surface area (Å²) in [6.45, 7) is 3.30. The van der Waals surface area contributed by atoms with E-state index in [-0.39, 0.29) is 0 Å². The van der Waals surface area contributed by atoms with Crippen molar-refractivity contribution in [1.29, 1.82) is 0 Å². The highest BCUT2D eigenvalue weighted by molar-refractivity contribution is 5.79. The van der Waals surface area contributed by atoms with Gasteiger partial charge in [0.1, 0.15) is 5.84 Å². The molecule has 4 heteroatoms. The Morgan fingerprint density at radius 1 is 1.57 bits per heavy atom. The van der Waals surface area contributed by atoms with Crippen molar-refractivity contribution in [3.8, 4) is 0 Å². The molecule has 1 fully saturated rings. The fourth-order valence-corrected chi connectivity index (χ4v) is 1.72. The Kier molecular flexibility index (Phi) is 4.73. The lowest BCUT2D eigenvalue weighted by atomic mass is 10.2. The van der Waals surface area contributed by atoms with Gasteiger partial charge < -0.3 is 16.3 Å². The summed E-state index contributed by atoms with van der Waals surface area (Å²) in [5.41, 5.74) is 5.35. The Morgan fingerprint density at radius 3 is 2.93 bits per heavy atom. The SMILES string of the molecule is CCC1CC1NCCCCC(N)=NO. The predicted molar refractivity (Wildman–Crippen MR) is 57.4 cm³/mol. The van der Waals surface area contributed by atoms with Crippen molar-refractivity contribution < 1.29 is 5.21 Å². The monoisotopic (exact) mass is 199 g/mol. The summed E-state index contributed by atoms with van der Waals surface area (Å²) in [7, 11) is 0. The van der Waals surface area contributed by atoms with Crippen molar-refractivity contribution in [2.24, 2.45) is 16.8 Å². The maximum absolute atomic E-state index is 8.30. The van der Waals surface area contributed by atoms with Crippen molar-refractivity contribution >= 4 is 5.84 Å². The number of nitrogens with zero attached hydrogens (tertiary/aromatic N) is 1. The molecule has 1 aliphatic rings. The highest BCUT2D eigenvalue weighted by atomic mass is 16.4. The smallest absolute Gasteiger partial charge is 0.139 e. The molecule has 14 heavy (non-hydrogen) atoms. The highest BCUT2D eigenvalue weighted by Crippen LogP contribution is 2.32. The van der Waals surface area contributed by atoms with Gasteiger partial charge in [-0.1, -0.05) is 18.5 Å². The number of rotatable bonds is 7. The normalized spacial score (nSPS) is 26.5. The molecule has 2 atom stereocenters. The Bertz CT molecular complexity index is 194. The lowest BCUT2D eigenvalue weighted by Gasteiger charge is -2.02. The van der Waals surface area contributed by atoms with Crippen molar-refractivity contribution in [1.82, 2.24) is 5.32 Å². The van der Waals surface area contributed by atoms with Gasteiger partial charge in [-0.25, -0.2) is 0 Å². The Labute approximate surface area is 85.6 Å². The maximum atomic E-state index is 8.30. The largest absolute Gasteiger partial charge is 0.409 e. The van der Waals surface area contributed by atoms with Crippen LogP contribution in [0.1, 0.15) is 39.0 Å². The van der Waals surface area contributed by atoms with Crippen LogP contribution >= 0.6 is 0 Å². The molecule has 82 valence electrons. The number of hydrogen-bond donors (Lipinski definition) is 3. The van der Waals surface area contributed by atoms with E-state index >= 15 is 0 Å². The van der Waals surface area contributed by atoms with Crippen LogP contribution < -0.4 is 11.1 Å². The molecule has 0 aromatic carbocycles. The van der Waals surface area contributed by atoms with Crippen LogP contribution in [-0.2, 0) is 0 Å². The molecule has 0 radical (unpaired) electrons. The van der Waals surface area contributed by atoms with Crippen LogP contribution in [0.4, 0.5) is 0 Å². The van der Waals surface area contributed by atoms with Crippen molar-refractivity contribution in [3.05, 3.63) is 0 Å². The van der Waals surface area contributed by atoms with Gasteiger partial charge in [-0.15, -0.1) is 0 Å². The average Bonchev–Trinajstić information content (AvgIpc) is 2.95. The van der Waals surface area contributed by atoms with E-state index in [9.17, 15) is 0 Å². The van der Waals surface area contributed by atoms with Gasteiger partial charge in [-0.3, -0.25) is 0 Å². The van der Waals surface area contributed by atoms with Gasteiger partial charge in [0, 0.05) is 12.5 Å². The third-order valence-corrected chi connectivity index (χ3v) is 2.84. The van der Waals surface area contributed by atoms with Crippen molar-refractivity contribution in [2.45, 2.75) is 45.1 Å². The van der Waals surface area contributed by atoms with Gasteiger partial charge in [0.25, 0.3) is 0 Å². The van der Waals surface area contributed by atoms with E-state index in [4.69, 9.17) is 10.9 Å². The molecular formula is C10H21N3O. The number of nitrogens with one attached hydrogen (secondary N) is 1. The summed E-state index contributed by atoms with van der Waals surface area (Å²) >= 11 is 0. The number of oxime groups is 1. The summed E-state index contributed by atoms with van der Waals surface area (Å²) in [4.78, 5) is 0. The first-order valence-electron chi connectivity index (χ1n) is 5.47. The summed E-state index contributed by atoms with van der Waals surface area (Å²) in [6, 6.07) is 0.767. The van der Waals surface area contributed by atoms with Crippen LogP contribution in [-0.4, -0.2) is 23.6 Å². The van der Waals surface area contributed by atoms with Gasteiger partial charge in [0.2, 0.25) is 0 Å². The second-order valence-electron chi connectivity index (χ2n) is 4.01. The molecule has 0 heterocycles. The van der Waals surface area contributed by atoms with Crippen molar-refractivity contribution in [2.75, 3.05) is 6.54 Å². The number of hydrogen-bond acceptors (Lipinski definition) is 3. The second kappa shape index (κ2) is 5.86. The van der Waals surface area contributed by atoms with Crippen LogP contribution in [0.2, 0.25) is 0 Å². The van der Waals surface area contributed by atoms with E-state index in [0.717, 1.165) is 31.3 Å². The van der Waals surface area contributed by atoms with E-state index in [1.807, 2.05) is 0 Å². The van der Waals surface area contributed by atoms with Crippen LogP contribution in [0.5, 0.6) is 0 Å². The zero-order chi connectivity index (χ0) is 10.4. The lowest BCUT2D eigenvalue weighted by Crippen LogP contribution is -2.20. The molecule has 0 bridgehead atoms. The Balaban J connectivity index is 1.86. The van der Waals surface area contributed by atoms with E-state index < -0.39 is 0 Å². The van der Waals surface area contributed by atoms with Gasteiger partial charge in [-0.05, 0) is 31.7 Å². The minimum Gasteiger partial charge on any atom is -0.409 e. The standard InChI is InChI=1S/C10H21N3O/c1-2-8-7-9(8)12-6-4-3-5-10(11)13-14/h8-9,12,14H,2-7H2,1H3,(H2,11,13). The van der Waals surface area contributed by atoms with E-state index in [2.05, 4.69) is 17.4 Å². The predicted octanol–water partition coefficient (Wildman–Crippen LogP) is 1.29. The first-order chi connectivity index (χ1) is 6.77. The van der Waals surface area contributed by atoms with E-state index in [1.165, 1.54) is 12.8 Å². The maximum Gasteiger partial charge on any atom is 0.139 e. The number of unbranched alkanes of at least 4 members (excludes halogenated alkanes) is 1. The summed E-state index contributed by atoms with van der Waals surface area (Å²) in [6.07, 6.45) is 5.42. The molecule has 4 nitrogen and oxygen atoms in total. The molecule has 1 saturated carbocycles. The minimum atomic E-state index is 0.336. The third-order valence-electron chi connectivity index (χ3n) is 2.84. The summed E-state index contributed by atoms with van der Waals surface area (Å²) in [5, 5.41) is 14.7. The molecule has 0 saturated heterocycles. The topological polar surface area (TPSA) is 70.6 Å². The highest BCUT2D eigenvalue weighted by Gasteiger charge is 2.34. The first-order valence-corrected chi connectivity index (χ1v) is 5.47. The van der Waals surface area contributed by atoms with E-state index in [1.54, 1.807) is 0 Å². The van der Waals surface area contributed by atoms with Crippen molar-refractivity contribution in [3.63, 3.8) is 0 Å². The zero-order valence-corrected chi connectivity index (χ0v) is 8.87. The molecule has 0 spiro atoms. The molecule has 1 rings (SSSR count). The van der Waals surface area contributed by atoms with Crippen LogP contribution in [0.15, 0.2) is 5.16 Å². The summed E-state index contributed by atoms with van der Waals surface area (Å²) < 4.78 is 0. The molecular weight excluding hydrogens is 178 g/mol. The third kappa shape index (κ3) is 3.96. The van der Waals surface area contributed by atoms with Crippen LogP contribution in [0, 0.1) is 5.92 Å². The lowest BCUT2D eigenvalue weighted by molar-refractivity contribution is 0.316. The first kappa shape index (κ1) is 11.3. The quantitative estimate of drug-likeness (QED) is 0.190. The Morgan fingerprint density at radius 2 is 2.36 bits per heavy atom. The second-order valence-corrected chi connectivity index (χ2v) is 4.01. The van der Waals surface area contributed by atoms with Crippen LogP contribution in [0.25, 0.3) is 0 Å². The van der Waals surface area contributed by atoms with Crippen LogP contribution in [0.3, 0.4) is 0 Å². The van der Waals surface area contributed by atoms with E-state index in [0.29, 0.717) is 12.3 Å². The summed E-state index contributed by atoms with van der Waals surface area (Å²) in [5.74, 6) is 1.25. The number of amidine groups is 1. The molecule has 0 aromatic rings. The van der Waals surface area contributed by atoms with Gasteiger partial charge in [0.15, 0.2) is 0 Å². The Hall–Kier alpha value is -0.770. The molecule has 2 unspecified atom stereocenters. The fraction of sp³-hybridized carbons (Fsp3) is 0.900. The van der Waals surface area contributed by atoms with Gasteiger partial charge >= 0.3 is 0 Å². The minimum absolute atomic E-state index is 0.336. The fourth-order valence-electron chi connectivity index (χ4n) is 1.72. The molecule has 0 aliphatic heterocycles. The number of nitrogens with two attached hydrogens (primary N) is 1. The molecule has 0 aromatic heterocycles. The molecule has 4 N–H and O–H groups in total. The average molecular weight is 199 g/mol. The van der Waals surface area contributed by atoms with Gasteiger partial charge in [0.05, 0.1) is 0 Å². The van der Waals surface area contributed by atoms with Gasteiger partial charge in [-0.2, -0.15) is 0 Å². The molecule has 1 aliphatic carbocycles. The zero-order valence-electron chi connectivity index (χ0n) is 8.87.